The fourth-order valence-electron chi connectivity index (χ4n) is 2.84. The molecule has 3 rings (SSSR count). The van der Waals surface area contributed by atoms with Crippen molar-refractivity contribution < 1.29 is 19.4 Å². The van der Waals surface area contributed by atoms with E-state index in [4.69, 9.17) is 9.84 Å². The van der Waals surface area contributed by atoms with Gasteiger partial charge < -0.3 is 14.7 Å². The van der Waals surface area contributed by atoms with Crippen molar-refractivity contribution in [3.8, 4) is 5.75 Å². The number of carbonyl (C=O) groups excluding carboxylic acids is 1. The van der Waals surface area contributed by atoms with E-state index in [-0.39, 0.29) is 17.6 Å². The molecule has 1 aliphatic heterocycles. The summed E-state index contributed by atoms with van der Waals surface area (Å²) in [5, 5.41) is 9.03. The summed E-state index contributed by atoms with van der Waals surface area (Å²) in [6.45, 7) is 1.21. The first-order chi connectivity index (χ1) is 11.6. The van der Waals surface area contributed by atoms with Crippen molar-refractivity contribution >= 4 is 11.9 Å². The Balaban J connectivity index is 1.59. The van der Waals surface area contributed by atoms with E-state index < -0.39 is 5.97 Å². The summed E-state index contributed by atoms with van der Waals surface area (Å²) >= 11 is 0. The standard InChI is InChI=1S/C19H19NO4/c21-18(14-5-4-6-15(13-14)19(22)23)20-11-9-17(10-12-20)24-16-7-2-1-3-8-16/h1-8,13,17H,9-12H2,(H,22,23). The monoisotopic (exact) mass is 325 g/mol. The maximum absolute atomic E-state index is 12.5. The highest BCUT2D eigenvalue weighted by Crippen LogP contribution is 2.20. The molecule has 0 bridgehead atoms. The quantitative estimate of drug-likeness (QED) is 0.938. The van der Waals surface area contributed by atoms with Gasteiger partial charge in [-0.1, -0.05) is 24.3 Å². The molecule has 5 nitrogen and oxygen atoms in total. The zero-order chi connectivity index (χ0) is 16.9. The van der Waals surface area contributed by atoms with Gasteiger partial charge in [0.15, 0.2) is 0 Å². The Hall–Kier alpha value is -2.82. The van der Waals surface area contributed by atoms with Crippen LogP contribution in [0.2, 0.25) is 0 Å². The van der Waals surface area contributed by atoms with E-state index in [1.807, 2.05) is 30.3 Å². The number of likely N-dealkylation sites (tertiary alicyclic amines) is 1. The Kier molecular flexibility index (Phi) is 4.79. The van der Waals surface area contributed by atoms with Crippen LogP contribution >= 0.6 is 0 Å². The number of aromatic carboxylic acids is 1. The predicted octanol–water partition coefficient (Wildman–Crippen LogP) is 3.07. The largest absolute Gasteiger partial charge is 0.490 e. The van der Waals surface area contributed by atoms with Crippen molar-refractivity contribution in [3.05, 3.63) is 65.7 Å². The summed E-state index contributed by atoms with van der Waals surface area (Å²) in [6.07, 6.45) is 1.63. The first-order valence-corrected chi connectivity index (χ1v) is 7.98. The fraction of sp³-hybridized carbons (Fsp3) is 0.263. The van der Waals surface area contributed by atoms with Crippen LogP contribution in [-0.4, -0.2) is 41.1 Å². The van der Waals surface area contributed by atoms with Crippen LogP contribution in [0.25, 0.3) is 0 Å². The highest BCUT2D eigenvalue weighted by atomic mass is 16.5. The third-order valence-corrected chi connectivity index (χ3v) is 4.13. The average Bonchev–Trinajstić information content (AvgIpc) is 2.63. The van der Waals surface area contributed by atoms with Gasteiger partial charge in [0.05, 0.1) is 5.56 Å². The van der Waals surface area contributed by atoms with Crippen molar-refractivity contribution in [1.82, 2.24) is 4.90 Å². The van der Waals surface area contributed by atoms with E-state index in [1.165, 1.54) is 12.1 Å². The second-order valence-electron chi connectivity index (χ2n) is 5.81. The minimum atomic E-state index is -1.03. The number of amides is 1. The maximum atomic E-state index is 12.5. The van der Waals surface area contributed by atoms with Crippen LogP contribution in [0.5, 0.6) is 5.75 Å². The Labute approximate surface area is 140 Å². The highest BCUT2D eigenvalue weighted by Gasteiger charge is 2.25. The average molecular weight is 325 g/mol. The molecule has 24 heavy (non-hydrogen) atoms. The van der Waals surface area contributed by atoms with Gasteiger partial charge in [-0.3, -0.25) is 4.79 Å². The highest BCUT2D eigenvalue weighted by molar-refractivity contribution is 5.97. The Morgan fingerprint density at radius 2 is 1.62 bits per heavy atom. The van der Waals surface area contributed by atoms with Gasteiger partial charge in [0, 0.05) is 31.5 Å². The second kappa shape index (κ2) is 7.17. The number of carbonyl (C=O) groups is 2. The number of benzene rings is 2. The number of piperidine rings is 1. The van der Waals surface area contributed by atoms with Gasteiger partial charge in [-0.05, 0) is 30.3 Å². The third-order valence-electron chi connectivity index (χ3n) is 4.13. The van der Waals surface area contributed by atoms with Crippen molar-refractivity contribution in [2.45, 2.75) is 18.9 Å². The van der Waals surface area contributed by atoms with Gasteiger partial charge in [0.2, 0.25) is 0 Å². The summed E-state index contributed by atoms with van der Waals surface area (Å²) in [6, 6.07) is 15.8. The lowest BCUT2D eigenvalue weighted by Crippen LogP contribution is -2.41. The lowest BCUT2D eigenvalue weighted by atomic mass is 10.0. The molecule has 0 radical (unpaired) electrons. The van der Waals surface area contributed by atoms with Gasteiger partial charge in [-0.15, -0.1) is 0 Å². The zero-order valence-electron chi connectivity index (χ0n) is 13.2. The van der Waals surface area contributed by atoms with Crippen molar-refractivity contribution in [3.63, 3.8) is 0 Å². The van der Waals surface area contributed by atoms with Crippen LogP contribution in [0.15, 0.2) is 54.6 Å². The summed E-state index contributed by atoms with van der Waals surface area (Å²) in [5.41, 5.74) is 0.542. The van der Waals surface area contributed by atoms with E-state index in [2.05, 4.69) is 0 Å². The van der Waals surface area contributed by atoms with Crippen LogP contribution in [0.1, 0.15) is 33.6 Å². The fourth-order valence-corrected chi connectivity index (χ4v) is 2.84. The Morgan fingerprint density at radius 1 is 0.958 bits per heavy atom. The van der Waals surface area contributed by atoms with Gasteiger partial charge in [0.25, 0.3) is 5.91 Å². The van der Waals surface area contributed by atoms with Crippen LogP contribution in [0.3, 0.4) is 0 Å². The summed E-state index contributed by atoms with van der Waals surface area (Å²) in [4.78, 5) is 25.3. The third kappa shape index (κ3) is 3.74. The molecule has 1 fully saturated rings. The Morgan fingerprint density at radius 3 is 2.29 bits per heavy atom. The molecule has 0 aromatic heterocycles. The normalized spacial score (nSPS) is 15.1. The van der Waals surface area contributed by atoms with Gasteiger partial charge in [-0.2, -0.15) is 0 Å². The molecule has 1 amide bonds. The number of hydrogen-bond donors (Lipinski definition) is 1. The maximum Gasteiger partial charge on any atom is 0.335 e. The SMILES string of the molecule is O=C(O)c1cccc(C(=O)N2CCC(Oc3ccccc3)CC2)c1. The summed E-state index contributed by atoms with van der Waals surface area (Å²) in [5.74, 6) is -0.313. The summed E-state index contributed by atoms with van der Waals surface area (Å²) < 4.78 is 5.92. The molecule has 1 aliphatic rings. The molecule has 1 N–H and O–H groups in total. The number of carboxylic acids is 1. The minimum Gasteiger partial charge on any atom is -0.490 e. The molecule has 0 aliphatic carbocycles. The van der Waals surface area contributed by atoms with E-state index in [0.29, 0.717) is 18.7 Å². The molecule has 0 spiro atoms. The number of carboxylic acid groups (broad SMARTS) is 1. The molecule has 0 unspecified atom stereocenters. The van der Waals surface area contributed by atoms with E-state index in [9.17, 15) is 9.59 Å². The molecule has 2 aromatic carbocycles. The Bertz CT molecular complexity index is 721. The minimum absolute atomic E-state index is 0.0989. The van der Waals surface area contributed by atoms with E-state index in [0.717, 1.165) is 18.6 Å². The number of hydrogen-bond acceptors (Lipinski definition) is 3. The molecule has 2 aromatic rings. The number of para-hydroxylation sites is 1. The topological polar surface area (TPSA) is 66.8 Å². The lowest BCUT2D eigenvalue weighted by molar-refractivity contribution is 0.0595. The lowest BCUT2D eigenvalue weighted by Gasteiger charge is -2.32. The first-order valence-electron chi connectivity index (χ1n) is 7.98. The molecule has 1 saturated heterocycles. The van der Waals surface area contributed by atoms with Gasteiger partial charge in [-0.25, -0.2) is 4.79 Å². The van der Waals surface area contributed by atoms with E-state index in [1.54, 1.807) is 17.0 Å². The predicted molar refractivity (Wildman–Crippen MR) is 89.4 cm³/mol. The van der Waals surface area contributed by atoms with Crippen molar-refractivity contribution in [2.75, 3.05) is 13.1 Å². The summed E-state index contributed by atoms with van der Waals surface area (Å²) in [7, 11) is 0. The zero-order valence-corrected chi connectivity index (χ0v) is 13.2. The van der Waals surface area contributed by atoms with Gasteiger partial charge >= 0.3 is 5.97 Å². The molecule has 124 valence electrons. The molecule has 1 heterocycles. The molecular weight excluding hydrogens is 306 g/mol. The molecule has 0 atom stereocenters. The number of rotatable bonds is 4. The van der Waals surface area contributed by atoms with Crippen molar-refractivity contribution in [2.24, 2.45) is 0 Å². The van der Waals surface area contributed by atoms with Crippen LogP contribution in [0, 0.1) is 0 Å². The molecule has 0 saturated carbocycles. The molecule has 5 heteroatoms. The molecular formula is C19H19NO4. The smallest absolute Gasteiger partial charge is 0.335 e. The second-order valence-corrected chi connectivity index (χ2v) is 5.81. The first kappa shape index (κ1) is 16.1. The van der Waals surface area contributed by atoms with Crippen LogP contribution in [0.4, 0.5) is 0 Å². The van der Waals surface area contributed by atoms with E-state index >= 15 is 0 Å². The number of ether oxygens (including phenoxy) is 1. The number of nitrogens with zero attached hydrogens (tertiary/aromatic N) is 1. The van der Waals surface area contributed by atoms with Crippen molar-refractivity contribution in [1.29, 1.82) is 0 Å². The van der Waals surface area contributed by atoms with Gasteiger partial charge in [0.1, 0.15) is 11.9 Å². The van der Waals surface area contributed by atoms with Crippen LogP contribution in [-0.2, 0) is 0 Å². The van der Waals surface area contributed by atoms with Crippen LogP contribution < -0.4 is 4.74 Å².